The van der Waals surface area contributed by atoms with Gasteiger partial charge in [0.1, 0.15) is 24.0 Å². The number of anilines is 2. The highest BCUT2D eigenvalue weighted by atomic mass is 19.1. The van der Waals surface area contributed by atoms with Gasteiger partial charge in [-0.3, -0.25) is 4.90 Å². The van der Waals surface area contributed by atoms with Gasteiger partial charge in [-0.05, 0) is 94.5 Å². The number of aliphatic hydroxyl groups is 1. The van der Waals surface area contributed by atoms with E-state index in [4.69, 9.17) is 24.2 Å². The molecule has 1 aromatic heterocycles. The number of fused-ring (bicyclic) bond motifs is 3. The molecule has 45 heavy (non-hydrogen) atoms. The third kappa shape index (κ3) is 5.81. The molecular formula is C35H46FN5O4. The maximum atomic E-state index is 15.2. The number of aryl methyl sites for hydroxylation is 1. The number of benzene rings is 2. The first kappa shape index (κ1) is 30.4. The maximum Gasteiger partial charge on any atom is 0.318 e. The molecule has 3 aromatic rings. The number of nitrogens with zero attached hydrogens (tertiary/aromatic N) is 5. The number of methoxy groups -OCH3 is 1. The molecule has 3 fully saturated rings. The lowest BCUT2D eigenvalue weighted by molar-refractivity contribution is 0.0445. The van der Waals surface area contributed by atoms with Crippen molar-refractivity contribution in [3.05, 3.63) is 46.9 Å². The van der Waals surface area contributed by atoms with E-state index >= 15 is 4.39 Å². The minimum absolute atomic E-state index is 0.0858. The second-order valence-electron chi connectivity index (χ2n) is 13.6. The molecule has 1 N–H and O–H groups in total. The molecule has 0 radical (unpaired) electrons. The molecule has 0 bridgehead atoms. The fraction of sp³-hybridized carbons (Fsp3) is 0.600. The summed E-state index contributed by atoms with van der Waals surface area (Å²) in [7, 11) is 1.60. The summed E-state index contributed by atoms with van der Waals surface area (Å²) in [4.78, 5) is 17.2. The minimum atomic E-state index is -0.771. The molecule has 0 saturated carbocycles. The number of halogens is 1. The minimum Gasteiger partial charge on any atom is -0.467 e. The summed E-state index contributed by atoms with van der Waals surface area (Å²) in [6.07, 6.45) is 7.70. The van der Waals surface area contributed by atoms with Crippen molar-refractivity contribution in [3.63, 3.8) is 0 Å². The summed E-state index contributed by atoms with van der Waals surface area (Å²) in [5, 5.41) is 12.8. The standard InChI is InChI=1S/C35H46FN5O4/c1-4-26-28(36)9-8-24-18-25(45-23-43-3)19-30(31(24)26)39-17-10-27-29(20-39)37-33(38-32(27)40-14-5-11-34(2,42)21-40)44-22-35-12-6-15-41(35)16-7-13-35/h8-9,18-19,42H,4-7,10-17,20-23H2,1-3H3. The van der Waals surface area contributed by atoms with Crippen molar-refractivity contribution in [2.75, 3.05) is 63.0 Å². The van der Waals surface area contributed by atoms with Crippen molar-refractivity contribution in [1.29, 1.82) is 0 Å². The summed E-state index contributed by atoms with van der Waals surface area (Å²) < 4.78 is 32.8. The van der Waals surface area contributed by atoms with Gasteiger partial charge in [0.05, 0.1) is 23.4 Å². The van der Waals surface area contributed by atoms with Crippen LogP contribution < -0.4 is 19.3 Å². The van der Waals surface area contributed by atoms with Gasteiger partial charge in [0.15, 0.2) is 6.79 Å². The van der Waals surface area contributed by atoms with Crippen molar-refractivity contribution >= 4 is 22.3 Å². The number of hydrogen-bond acceptors (Lipinski definition) is 9. The van der Waals surface area contributed by atoms with E-state index in [0.717, 1.165) is 85.3 Å². The second kappa shape index (κ2) is 12.2. The SMILES string of the molecule is CCc1c(F)ccc2cc(OCOC)cc(N3CCc4c(nc(OCC56CCCN5CCC6)nc4N4CCCC(C)(O)C4)C3)c12. The lowest BCUT2D eigenvalue weighted by Crippen LogP contribution is -2.47. The Kier molecular flexibility index (Phi) is 8.25. The molecule has 10 heteroatoms. The van der Waals surface area contributed by atoms with Crippen molar-refractivity contribution in [3.8, 4) is 11.8 Å². The van der Waals surface area contributed by atoms with Crippen LogP contribution in [0.2, 0.25) is 0 Å². The summed E-state index contributed by atoms with van der Waals surface area (Å²) in [6.45, 7) is 9.52. The van der Waals surface area contributed by atoms with E-state index in [1.54, 1.807) is 13.2 Å². The van der Waals surface area contributed by atoms with Crippen LogP contribution in [-0.4, -0.2) is 84.3 Å². The average molecular weight is 620 g/mol. The summed E-state index contributed by atoms with van der Waals surface area (Å²) in [5.74, 6) is 1.36. The molecule has 9 nitrogen and oxygen atoms in total. The maximum absolute atomic E-state index is 15.2. The summed E-state index contributed by atoms with van der Waals surface area (Å²) in [5.41, 5.74) is 2.97. The van der Waals surface area contributed by atoms with Gasteiger partial charge in [0, 0.05) is 49.4 Å². The van der Waals surface area contributed by atoms with Crippen molar-refractivity contribution < 1.29 is 23.7 Å². The fourth-order valence-electron chi connectivity index (χ4n) is 8.25. The highest BCUT2D eigenvalue weighted by molar-refractivity contribution is 5.98. The molecule has 0 aliphatic carbocycles. The molecule has 5 heterocycles. The zero-order valence-corrected chi connectivity index (χ0v) is 26.9. The number of aromatic nitrogens is 2. The van der Waals surface area contributed by atoms with Gasteiger partial charge >= 0.3 is 6.01 Å². The lowest BCUT2D eigenvalue weighted by atomic mass is 9.94. The van der Waals surface area contributed by atoms with E-state index in [1.807, 2.05) is 32.0 Å². The molecular weight excluding hydrogens is 573 g/mol. The van der Waals surface area contributed by atoms with Gasteiger partial charge in [-0.1, -0.05) is 13.0 Å². The fourth-order valence-corrected chi connectivity index (χ4v) is 8.25. The molecule has 0 spiro atoms. The smallest absolute Gasteiger partial charge is 0.318 e. The van der Waals surface area contributed by atoms with Gasteiger partial charge < -0.3 is 29.1 Å². The Balaban J connectivity index is 1.27. The predicted octanol–water partition coefficient (Wildman–Crippen LogP) is 5.24. The molecule has 1 atom stereocenters. The van der Waals surface area contributed by atoms with E-state index in [9.17, 15) is 5.11 Å². The van der Waals surface area contributed by atoms with Gasteiger partial charge in [-0.15, -0.1) is 0 Å². The van der Waals surface area contributed by atoms with E-state index in [1.165, 1.54) is 12.8 Å². The molecule has 7 rings (SSSR count). The van der Waals surface area contributed by atoms with Crippen LogP contribution in [0, 0.1) is 5.82 Å². The molecule has 0 amide bonds. The van der Waals surface area contributed by atoms with Crippen LogP contribution in [-0.2, 0) is 24.1 Å². The Morgan fingerprint density at radius 3 is 2.53 bits per heavy atom. The predicted molar refractivity (Wildman–Crippen MR) is 173 cm³/mol. The second-order valence-corrected chi connectivity index (χ2v) is 13.6. The Morgan fingerprint density at radius 2 is 1.78 bits per heavy atom. The molecule has 3 saturated heterocycles. The van der Waals surface area contributed by atoms with Gasteiger partial charge in [-0.25, -0.2) is 4.39 Å². The third-order valence-electron chi connectivity index (χ3n) is 10.4. The monoisotopic (exact) mass is 619 g/mol. The Hall–Kier alpha value is -3.21. The Labute approximate surface area is 265 Å². The van der Waals surface area contributed by atoms with Crippen LogP contribution in [0.25, 0.3) is 10.8 Å². The summed E-state index contributed by atoms with van der Waals surface area (Å²) in [6, 6.07) is 7.74. The van der Waals surface area contributed by atoms with E-state index in [2.05, 4.69) is 14.7 Å². The van der Waals surface area contributed by atoms with Crippen LogP contribution in [0.15, 0.2) is 24.3 Å². The van der Waals surface area contributed by atoms with E-state index in [-0.39, 0.29) is 18.1 Å². The molecule has 1 unspecified atom stereocenters. The van der Waals surface area contributed by atoms with Crippen LogP contribution in [0.4, 0.5) is 15.9 Å². The van der Waals surface area contributed by atoms with E-state index in [0.29, 0.717) is 50.0 Å². The molecule has 2 aromatic carbocycles. The lowest BCUT2D eigenvalue weighted by Gasteiger charge is -2.40. The van der Waals surface area contributed by atoms with Crippen molar-refractivity contribution in [2.24, 2.45) is 0 Å². The van der Waals surface area contributed by atoms with Gasteiger partial charge in [0.25, 0.3) is 0 Å². The quantitative estimate of drug-likeness (QED) is 0.324. The number of hydrogen-bond donors (Lipinski definition) is 1. The van der Waals surface area contributed by atoms with Gasteiger partial charge in [0.2, 0.25) is 0 Å². The molecule has 4 aliphatic heterocycles. The third-order valence-corrected chi connectivity index (χ3v) is 10.4. The van der Waals surface area contributed by atoms with Crippen molar-refractivity contribution in [2.45, 2.75) is 82.9 Å². The zero-order valence-electron chi connectivity index (χ0n) is 26.9. The van der Waals surface area contributed by atoms with Crippen LogP contribution in [0.5, 0.6) is 11.8 Å². The first-order valence-electron chi connectivity index (χ1n) is 16.7. The van der Waals surface area contributed by atoms with Crippen molar-refractivity contribution in [1.82, 2.24) is 14.9 Å². The number of rotatable bonds is 9. The first-order chi connectivity index (χ1) is 21.8. The Morgan fingerprint density at radius 1 is 0.978 bits per heavy atom. The molecule has 4 aliphatic rings. The normalized spacial score (nSPS) is 23.0. The summed E-state index contributed by atoms with van der Waals surface area (Å²) >= 11 is 0. The number of ether oxygens (including phenoxy) is 3. The highest BCUT2D eigenvalue weighted by Gasteiger charge is 2.45. The zero-order chi connectivity index (χ0) is 31.2. The van der Waals surface area contributed by atoms with Crippen LogP contribution in [0.1, 0.15) is 69.2 Å². The first-order valence-corrected chi connectivity index (χ1v) is 16.7. The number of β-amino-alcohol motifs (C(OH)–C–C–N with tert-alkyl or cyclic N) is 1. The average Bonchev–Trinajstić information content (AvgIpc) is 3.62. The molecule has 242 valence electrons. The topological polar surface area (TPSA) is 83.4 Å². The largest absolute Gasteiger partial charge is 0.467 e. The number of piperidine rings is 1. The Bertz CT molecular complexity index is 1560. The van der Waals surface area contributed by atoms with Gasteiger partial charge in [-0.2, -0.15) is 9.97 Å². The highest BCUT2D eigenvalue weighted by Crippen LogP contribution is 2.41. The van der Waals surface area contributed by atoms with E-state index < -0.39 is 5.60 Å². The van der Waals surface area contributed by atoms with Crippen LogP contribution >= 0.6 is 0 Å². The van der Waals surface area contributed by atoms with Crippen LogP contribution in [0.3, 0.4) is 0 Å².